The summed E-state index contributed by atoms with van der Waals surface area (Å²) in [6.45, 7) is 11.0. The summed E-state index contributed by atoms with van der Waals surface area (Å²) >= 11 is 0. The van der Waals surface area contributed by atoms with E-state index in [1.807, 2.05) is 6.20 Å². The van der Waals surface area contributed by atoms with Crippen LogP contribution in [0.4, 0.5) is 0 Å². The summed E-state index contributed by atoms with van der Waals surface area (Å²) < 4.78 is 2.27. The summed E-state index contributed by atoms with van der Waals surface area (Å²) in [7, 11) is 0. The van der Waals surface area contributed by atoms with E-state index < -0.39 is 0 Å². The fraction of sp³-hybridized carbons (Fsp3) is 0.786. The molecule has 0 saturated carbocycles. The molecule has 1 atom stereocenters. The van der Waals surface area contributed by atoms with Crippen LogP contribution >= 0.6 is 0 Å². The highest BCUT2D eigenvalue weighted by Gasteiger charge is 2.23. The van der Waals surface area contributed by atoms with Crippen molar-refractivity contribution in [3.63, 3.8) is 0 Å². The topological polar surface area (TPSA) is 33.1 Å². The van der Waals surface area contributed by atoms with Crippen molar-refractivity contribution in [2.24, 2.45) is 0 Å². The minimum absolute atomic E-state index is 0.566. The van der Waals surface area contributed by atoms with Gasteiger partial charge in [0.2, 0.25) is 0 Å². The molecule has 1 aromatic rings. The van der Waals surface area contributed by atoms with Crippen LogP contribution in [0.1, 0.15) is 39.4 Å². The number of rotatable bonds is 6. The minimum Gasteiger partial charge on any atom is -0.333 e. The monoisotopic (exact) mass is 250 g/mol. The lowest BCUT2D eigenvalue weighted by molar-refractivity contribution is 0.139. The Balaban J connectivity index is 1.95. The second-order valence-electron chi connectivity index (χ2n) is 5.51. The summed E-state index contributed by atoms with van der Waals surface area (Å²) in [5.74, 6) is 1.21. The lowest BCUT2D eigenvalue weighted by Crippen LogP contribution is -2.47. The molecule has 0 radical (unpaired) electrons. The second kappa shape index (κ2) is 6.34. The molecule has 0 saturated heterocycles. The van der Waals surface area contributed by atoms with E-state index in [0.717, 1.165) is 26.2 Å². The van der Waals surface area contributed by atoms with Crippen LogP contribution in [-0.4, -0.2) is 39.6 Å². The first-order valence-electron chi connectivity index (χ1n) is 7.18. The first-order chi connectivity index (χ1) is 8.70. The van der Waals surface area contributed by atoms with Crippen molar-refractivity contribution in [3.8, 4) is 0 Å². The number of nitrogens with zero attached hydrogens (tertiary/aromatic N) is 3. The molecule has 1 aliphatic heterocycles. The average molecular weight is 250 g/mol. The smallest absolute Gasteiger partial charge is 0.122 e. The van der Waals surface area contributed by atoms with E-state index in [4.69, 9.17) is 0 Å². The fourth-order valence-electron chi connectivity index (χ4n) is 2.62. The van der Waals surface area contributed by atoms with Gasteiger partial charge in [-0.25, -0.2) is 4.98 Å². The van der Waals surface area contributed by atoms with Crippen LogP contribution in [0.2, 0.25) is 0 Å². The predicted octanol–water partition coefficient (Wildman–Crippen LogP) is 1.87. The Labute approximate surface area is 110 Å². The maximum Gasteiger partial charge on any atom is 0.122 e. The van der Waals surface area contributed by atoms with Crippen LogP contribution in [0.15, 0.2) is 12.4 Å². The van der Waals surface area contributed by atoms with E-state index in [0.29, 0.717) is 12.1 Å². The molecule has 0 spiro atoms. The molecule has 0 amide bonds. The van der Waals surface area contributed by atoms with Gasteiger partial charge in [-0.05, 0) is 6.42 Å². The van der Waals surface area contributed by atoms with Gasteiger partial charge in [-0.3, -0.25) is 4.90 Å². The van der Waals surface area contributed by atoms with Gasteiger partial charge in [-0.15, -0.1) is 0 Å². The molecule has 1 aromatic heterocycles. The van der Waals surface area contributed by atoms with Crippen LogP contribution in [0.3, 0.4) is 0 Å². The molecule has 0 aromatic carbocycles. The molecule has 4 heteroatoms. The van der Waals surface area contributed by atoms with Crippen molar-refractivity contribution < 1.29 is 0 Å². The second-order valence-corrected chi connectivity index (χ2v) is 5.51. The van der Waals surface area contributed by atoms with E-state index in [9.17, 15) is 0 Å². The van der Waals surface area contributed by atoms with Crippen molar-refractivity contribution in [1.82, 2.24) is 19.8 Å². The third kappa shape index (κ3) is 3.33. The Morgan fingerprint density at radius 2 is 2.22 bits per heavy atom. The van der Waals surface area contributed by atoms with E-state index in [-0.39, 0.29) is 0 Å². The van der Waals surface area contributed by atoms with Crippen molar-refractivity contribution in [3.05, 3.63) is 18.2 Å². The van der Waals surface area contributed by atoms with Crippen LogP contribution in [0.25, 0.3) is 0 Å². The highest BCUT2D eigenvalue weighted by molar-refractivity contribution is 4.96. The van der Waals surface area contributed by atoms with E-state index >= 15 is 0 Å². The Bertz CT molecular complexity index is 358. The Morgan fingerprint density at radius 1 is 1.39 bits per heavy atom. The van der Waals surface area contributed by atoms with E-state index in [1.165, 1.54) is 18.7 Å². The molecule has 2 heterocycles. The van der Waals surface area contributed by atoms with Crippen LogP contribution in [0.5, 0.6) is 0 Å². The number of nitrogens with one attached hydrogen (secondary N) is 1. The van der Waals surface area contributed by atoms with Gasteiger partial charge in [0.25, 0.3) is 0 Å². The van der Waals surface area contributed by atoms with Gasteiger partial charge in [-0.2, -0.15) is 0 Å². The van der Waals surface area contributed by atoms with Crippen molar-refractivity contribution in [2.45, 2.75) is 58.8 Å². The maximum absolute atomic E-state index is 4.45. The zero-order valence-corrected chi connectivity index (χ0v) is 11.9. The number of fused-ring (bicyclic) bond motifs is 1. The first kappa shape index (κ1) is 13.6. The number of imidazole rings is 1. The van der Waals surface area contributed by atoms with E-state index in [1.54, 1.807) is 0 Å². The van der Waals surface area contributed by atoms with Crippen LogP contribution in [0, 0.1) is 0 Å². The Morgan fingerprint density at radius 3 is 2.94 bits per heavy atom. The van der Waals surface area contributed by atoms with Gasteiger partial charge in [0.1, 0.15) is 5.82 Å². The number of hydrogen-bond donors (Lipinski definition) is 1. The molecule has 1 N–H and O–H groups in total. The molecular formula is C14H26N4. The van der Waals surface area contributed by atoms with Gasteiger partial charge in [0.05, 0.1) is 6.54 Å². The minimum atomic E-state index is 0.566. The largest absolute Gasteiger partial charge is 0.333 e. The molecule has 1 aliphatic rings. The van der Waals surface area contributed by atoms with Gasteiger partial charge in [-0.1, -0.05) is 27.2 Å². The predicted molar refractivity (Wildman–Crippen MR) is 74.5 cm³/mol. The number of aromatic nitrogens is 2. The molecular weight excluding hydrogens is 224 g/mol. The standard InChI is InChI=1S/C14H26N4/c1-4-5-13(10-16-12(2)3)18-9-8-17-7-6-15-14(17)11-18/h6-7,12-13,16H,4-5,8-11H2,1-3H3. The van der Waals surface area contributed by atoms with Gasteiger partial charge in [0, 0.05) is 44.1 Å². The van der Waals surface area contributed by atoms with E-state index in [2.05, 4.69) is 46.7 Å². The number of hydrogen-bond acceptors (Lipinski definition) is 3. The molecule has 0 aliphatic carbocycles. The quantitative estimate of drug-likeness (QED) is 0.836. The summed E-state index contributed by atoms with van der Waals surface area (Å²) in [6, 6.07) is 1.21. The molecule has 2 rings (SSSR count). The summed E-state index contributed by atoms with van der Waals surface area (Å²) in [4.78, 5) is 7.03. The molecule has 18 heavy (non-hydrogen) atoms. The average Bonchev–Trinajstić information content (AvgIpc) is 2.81. The highest BCUT2D eigenvalue weighted by Crippen LogP contribution is 2.16. The van der Waals surface area contributed by atoms with Crippen molar-refractivity contribution in [1.29, 1.82) is 0 Å². The van der Waals surface area contributed by atoms with Crippen LogP contribution < -0.4 is 5.32 Å². The zero-order chi connectivity index (χ0) is 13.0. The highest BCUT2D eigenvalue weighted by atomic mass is 15.3. The molecule has 4 nitrogen and oxygen atoms in total. The zero-order valence-electron chi connectivity index (χ0n) is 11.9. The Kier molecular flexibility index (Phi) is 4.78. The third-order valence-electron chi connectivity index (χ3n) is 3.67. The molecule has 0 bridgehead atoms. The lowest BCUT2D eigenvalue weighted by atomic mass is 10.1. The SMILES string of the molecule is CCCC(CNC(C)C)N1CCn2ccnc2C1. The van der Waals surface area contributed by atoms with Crippen LogP contribution in [-0.2, 0) is 13.1 Å². The summed E-state index contributed by atoms with van der Waals surface area (Å²) in [5.41, 5.74) is 0. The summed E-state index contributed by atoms with van der Waals surface area (Å²) in [5, 5.41) is 3.58. The first-order valence-corrected chi connectivity index (χ1v) is 7.18. The van der Waals surface area contributed by atoms with Crippen molar-refractivity contribution in [2.75, 3.05) is 13.1 Å². The lowest BCUT2D eigenvalue weighted by Gasteiger charge is -2.35. The third-order valence-corrected chi connectivity index (χ3v) is 3.67. The maximum atomic E-state index is 4.45. The van der Waals surface area contributed by atoms with Gasteiger partial charge in [0.15, 0.2) is 0 Å². The van der Waals surface area contributed by atoms with Gasteiger partial charge >= 0.3 is 0 Å². The fourth-order valence-corrected chi connectivity index (χ4v) is 2.62. The molecule has 102 valence electrons. The summed E-state index contributed by atoms with van der Waals surface area (Å²) in [6.07, 6.45) is 6.52. The Hall–Kier alpha value is -0.870. The molecule has 0 fully saturated rings. The molecule has 1 unspecified atom stereocenters. The van der Waals surface area contributed by atoms with Crippen molar-refractivity contribution >= 4 is 0 Å². The van der Waals surface area contributed by atoms with Gasteiger partial charge < -0.3 is 9.88 Å². The normalized spacial score (nSPS) is 18.0.